The average molecular weight is 241 g/mol. The van der Waals surface area contributed by atoms with Gasteiger partial charge in [-0.3, -0.25) is 10.1 Å². The quantitative estimate of drug-likeness (QED) is 0.639. The molecule has 1 heterocycles. The van der Waals surface area contributed by atoms with Crippen LogP contribution in [0.5, 0.6) is 0 Å². The molecule has 0 bridgehead atoms. The second-order valence-electron chi connectivity index (χ2n) is 3.97. The number of non-ortho nitro benzene ring substituents is 1. The van der Waals surface area contributed by atoms with Crippen LogP contribution in [0.25, 0.3) is 0 Å². The number of piperidine rings is 1. The molecule has 0 unspecified atom stereocenters. The van der Waals surface area contributed by atoms with Gasteiger partial charge in [-0.05, 0) is 31.0 Å². The number of nitro benzene ring substituents is 1. The zero-order valence-electron chi connectivity index (χ0n) is 8.78. The summed E-state index contributed by atoms with van der Waals surface area (Å²) in [7, 11) is 0. The van der Waals surface area contributed by atoms with E-state index in [9.17, 15) is 10.1 Å². The molecule has 1 aromatic carbocycles. The maximum absolute atomic E-state index is 10.7. The van der Waals surface area contributed by atoms with Gasteiger partial charge >= 0.3 is 0 Å². The maximum Gasteiger partial charge on any atom is 0.269 e. The predicted molar refractivity (Wildman–Crippen MR) is 62.7 cm³/mol. The molecule has 0 spiro atoms. The van der Waals surface area contributed by atoms with Crippen molar-refractivity contribution >= 4 is 17.3 Å². The van der Waals surface area contributed by atoms with Crippen LogP contribution in [0.3, 0.4) is 0 Å². The van der Waals surface area contributed by atoms with E-state index in [4.69, 9.17) is 11.6 Å². The SMILES string of the molecule is O=[N+]([O-])c1ccc(Cl)c([C@@H]2CCCCN2)c1. The van der Waals surface area contributed by atoms with Crippen LogP contribution in [0.2, 0.25) is 5.02 Å². The van der Waals surface area contributed by atoms with Crippen LogP contribution in [0.15, 0.2) is 18.2 Å². The molecule has 1 fully saturated rings. The Bertz CT molecular complexity index is 403. The molecule has 0 radical (unpaired) electrons. The van der Waals surface area contributed by atoms with E-state index in [1.165, 1.54) is 6.07 Å². The summed E-state index contributed by atoms with van der Waals surface area (Å²) in [6.45, 7) is 0.948. The minimum absolute atomic E-state index is 0.103. The summed E-state index contributed by atoms with van der Waals surface area (Å²) in [5, 5.41) is 14.6. The molecular weight excluding hydrogens is 228 g/mol. The molecule has 1 aromatic rings. The van der Waals surface area contributed by atoms with Gasteiger partial charge in [0.2, 0.25) is 0 Å². The third-order valence-electron chi connectivity index (χ3n) is 2.88. The first-order valence-electron chi connectivity index (χ1n) is 5.35. The Kier molecular flexibility index (Phi) is 3.41. The van der Waals surface area contributed by atoms with Crippen molar-refractivity contribution in [2.75, 3.05) is 6.54 Å². The number of benzene rings is 1. The minimum atomic E-state index is -0.386. The molecule has 1 aliphatic rings. The van der Waals surface area contributed by atoms with E-state index in [2.05, 4.69) is 5.32 Å². The van der Waals surface area contributed by atoms with Crippen LogP contribution in [-0.4, -0.2) is 11.5 Å². The van der Waals surface area contributed by atoms with E-state index in [0.717, 1.165) is 31.4 Å². The molecule has 1 aliphatic heterocycles. The fourth-order valence-electron chi connectivity index (χ4n) is 2.03. The van der Waals surface area contributed by atoms with E-state index in [1.807, 2.05) is 0 Å². The number of hydrogen-bond acceptors (Lipinski definition) is 3. The lowest BCUT2D eigenvalue weighted by molar-refractivity contribution is -0.384. The zero-order valence-corrected chi connectivity index (χ0v) is 9.54. The first-order valence-corrected chi connectivity index (χ1v) is 5.73. The fraction of sp³-hybridized carbons (Fsp3) is 0.455. The van der Waals surface area contributed by atoms with E-state index in [-0.39, 0.29) is 16.7 Å². The maximum atomic E-state index is 10.7. The Morgan fingerprint density at radius 1 is 1.44 bits per heavy atom. The molecule has 0 aromatic heterocycles. The monoisotopic (exact) mass is 240 g/mol. The summed E-state index contributed by atoms with van der Waals surface area (Å²) >= 11 is 6.07. The van der Waals surface area contributed by atoms with Gasteiger partial charge in [-0.1, -0.05) is 18.0 Å². The summed E-state index contributed by atoms with van der Waals surface area (Å²) < 4.78 is 0. The van der Waals surface area contributed by atoms with Gasteiger partial charge in [0.25, 0.3) is 5.69 Å². The molecule has 1 atom stereocenters. The third kappa shape index (κ3) is 2.33. The molecule has 4 nitrogen and oxygen atoms in total. The Hall–Kier alpha value is -1.13. The van der Waals surface area contributed by atoms with E-state index >= 15 is 0 Å². The van der Waals surface area contributed by atoms with E-state index in [0.29, 0.717) is 5.02 Å². The van der Waals surface area contributed by atoms with Crippen molar-refractivity contribution in [3.8, 4) is 0 Å². The summed E-state index contributed by atoms with van der Waals surface area (Å²) in [6.07, 6.45) is 3.28. The largest absolute Gasteiger partial charge is 0.310 e. The number of nitrogens with one attached hydrogen (secondary N) is 1. The second-order valence-corrected chi connectivity index (χ2v) is 4.37. The lowest BCUT2D eigenvalue weighted by Gasteiger charge is -2.24. The van der Waals surface area contributed by atoms with Crippen molar-refractivity contribution in [3.05, 3.63) is 38.9 Å². The van der Waals surface area contributed by atoms with Gasteiger partial charge < -0.3 is 5.32 Å². The highest BCUT2D eigenvalue weighted by molar-refractivity contribution is 6.31. The average Bonchev–Trinajstić information content (AvgIpc) is 2.30. The highest BCUT2D eigenvalue weighted by atomic mass is 35.5. The predicted octanol–water partition coefficient (Wildman–Crippen LogP) is 3.06. The molecule has 2 rings (SSSR count). The number of rotatable bonds is 2. The van der Waals surface area contributed by atoms with Gasteiger partial charge in [0.05, 0.1) is 4.92 Å². The lowest BCUT2D eigenvalue weighted by atomic mass is 9.97. The molecule has 86 valence electrons. The van der Waals surface area contributed by atoms with Gasteiger partial charge in [0.15, 0.2) is 0 Å². The zero-order chi connectivity index (χ0) is 11.5. The van der Waals surface area contributed by atoms with Crippen LogP contribution in [-0.2, 0) is 0 Å². The van der Waals surface area contributed by atoms with Crippen molar-refractivity contribution in [1.82, 2.24) is 5.32 Å². The van der Waals surface area contributed by atoms with Crippen LogP contribution in [0.4, 0.5) is 5.69 Å². The molecule has 1 saturated heterocycles. The van der Waals surface area contributed by atoms with Gasteiger partial charge in [0, 0.05) is 23.2 Å². The molecular formula is C11H13ClN2O2. The highest BCUT2D eigenvalue weighted by Crippen LogP contribution is 2.31. The van der Waals surface area contributed by atoms with Crippen LogP contribution < -0.4 is 5.32 Å². The number of nitrogens with zero attached hydrogens (tertiary/aromatic N) is 1. The van der Waals surface area contributed by atoms with Gasteiger partial charge in [-0.2, -0.15) is 0 Å². The summed E-state index contributed by atoms with van der Waals surface area (Å²) in [5.74, 6) is 0. The number of nitro groups is 1. The topological polar surface area (TPSA) is 55.2 Å². The minimum Gasteiger partial charge on any atom is -0.310 e. The fourth-order valence-corrected chi connectivity index (χ4v) is 2.28. The van der Waals surface area contributed by atoms with Crippen molar-refractivity contribution in [2.24, 2.45) is 0 Å². The van der Waals surface area contributed by atoms with Gasteiger partial charge in [-0.15, -0.1) is 0 Å². The number of hydrogen-bond donors (Lipinski definition) is 1. The molecule has 0 amide bonds. The van der Waals surface area contributed by atoms with Gasteiger partial charge in [0.1, 0.15) is 0 Å². The summed E-state index contributed by atoms with van der Waals surface area (Å²) in [4.78, 5) is 10.3. The van der Waals surface area contributed by atoms with Crippen molar-refractivity contribution in [1.29, 1.82) is 0 Å². The molecule has 0 aliphatic carbocycles. The van der Waals surface area contributed by atoms with Crippen molar-refractivity contribution in [3.63, 3.8) is 0 Å². The van der Waals surface area contributed by atoms with Crippen LogP contribution in [0.1, 0.15) is 30.9 Å². The molecule has 1 N–H and O–H groups in total. The summed E-state index contributed by atoms with van der Waals surface area (Å²) in [5.41, 5.74) is 0.947. The Labute approximate surface area is 98.8 Å². The van der Waals surface area contributed by atoms with E-state index < -0.39 is 0 Å². The Balaban J connectivity index is 2.30. The Morgan fingerprint density at radius 2 is 2.25 bits per heavy atom. The van der Waals surface area contributed by atoms with Crippen molar-refractivity contribution in [2.45, 2.75) is 25.3 Å². The van der Waals surface area contributed by atoms with Crippen LogP contribution >= 0.6 is 11.6 Å². The highest BCUT2D eigenvalue weighted by Gasteiger charge is 2.19. The smallest absolute Gasteiger partial charge is 0.269 e. The lowest BCUT2D eigenvalue weighted by Crippen LogP contribution is -2.27. The normalized spacial score (nSPS) is 20.7. The first kappa shape index (κ1) is 11.4. The third-order valence-corrected chi connectivity index (χ3v) is 3.22. The van der Waals surface area contributed by atoms with Crippen LogP contribution in [0, 0.1) is 10.1 Å². The standard InChI is InChI=1S/C11H13ClN2O2/c12-10-5-4-8(14(15)16)7-9(10)11-3-1-2-6-13-11/h4-5,7,11,13H,1-3,6H2/t11-/m0/s1. The second kappa shape index (κ2) is 4.80. The van der Waals surface area contributed by atoms with E-state index in [1.54, 1.807) is 12.1 Å². The molecule has 0 saturated carbocycles. The first-order chi connectivity index (χ1) is 7.68. The Morgan fingerprint density at radius 3 is 2.88 bits per heavy atom. The molecule has 5 heteroatoms. The van der Waals surface area contributed by atoms with Gasteiger partial charge in [-0.25, -0.2) is 0 Å². The van der Waals surface area contributed by atoms with Crippen molar-refractivity contribution < 1.29 is 4.92 Å². The number of halogens is 1. The molecule has 16 heavy (non-hydrogen) atoms. The summed E-state index contributed by atoms with van der Waals surface area (Å²) in [6, 6.07) is 4.77.